The maximum Gasteiger partial charge on any atom is 0.126 e. The van der Waals surface area contributed by atoms with Gasteiger partial charge in [-0.25, -0.2) is 4.39 Å². The van der Waals surface area contributed by atoms with E-state index in [2.05, 4.69) is 5.32 Å². The molecule has 0 saturated heterocycles. The molecule has 0 atom stereocenters. The van der Waals surface area contributed by atoms with Gasteiger partial charge in [0.15, 0.2) is 0 Å². The zero-order valence-corrected chi connectivity index (χ0v) is 9.48. The number of benzene rings is 1. The SMILES string of the molecule is CNCCOCCc1cc(Cl)ccc1F. The minimum atomic E-state index is -0.225. The standard InChI is InChI=1S/C11H15ClFNO/c1-14-5-7-15-6-4-9-8-10(12)2-3-11(9)13/h2-3,8,14H,4-7H2,1H3. The number of likely N-dealkylation sites (N-methyl/N-ethyl adjacent to an activating group) is 1. The molecule has 0 aliphatic rings. The first-order valence-corrected chi connectivity index (χ1v) is 5.28. The number of nitrogens with one attached hydrogen (secondary N) is 1. The van der Waals surface area contributed by atoms with Gasteiger partial charge >= 0.3 is 0 Å². The van der Waals surface area contributed by atoms with Crippen LogP contribution >= 0.6 is 11.6 Å². The summed E-state index contributed by atoms with van der Waals surface area (Å²) in [6, 6.07) is 4.56. The van der Waals surface area contributed by atoms with E-state index in [0.29, 0.717) is 30.2 Å². The lowest BCUT2D eigenvalue weighted by atomic mass is 10.1. The Labute approximate surface area is 94.4 Å². The summed E-state index contributed by atoms with van der Waals surface area (Å²) in [6.45, 7) is 1.95. The number of hydrogen-bond donors (Lipinski definition) is 1. The van der Waals surface area contributed by atoms with Gasteiger partial charge in [-0.1, -0.05) is 11.6 Å². The summed E-state index contributed by atoms with van der Waals surface area (Å²) in [5.74, 6) is -0.225. The molecular weight excluding hydrogens is 217 g/mol. The van der Waals surface area contributed by atoms with Crippen LogP contribution < -0.4 is 5.32 Å². The topological polar surface area (TPSA) is 21.3 Å². The molecule has 0 heterocycles. The highest BCUT2D eigenvalue weighted by Gasteiger charge is 2.02. The van der Waals surface area contributed by atoms with Crippen LogP contribution in [0.4, 0.5) is 4.39 Å². The fourth-order valence-electron chi connectivity index (χ4n) is 1.19. The summed E-state index contributed by atoms with van der Waals surface area (Å²) >= 11 is 5.76. The van der Waals surface area contributed by atoms with Crippen molar-refractivity contribution in [2.75, 3.05) is 26.8 Å². The molecule has 0 amide bonds. The Balaban J connectivity index is 2.33. The van der Waals surface area contributed by atoms with Crippen LogP contribution in [0, 0.1) is 5.82 Å². The molecule has 1 rings (SSSR count). The highest BCUT2D eigenvalue weighted by molar-refractivity contribution is 6.30. The first kappa shape index (κ1) is 12.4. The summed E-state index contributed by atoms with van der Waals surface area (Å²) in [5.41, 5.74) is 0.604. The van der Waals surface area contributed by atoms with Crippen molar-refractivity contribution in [3.05, 3.63) is 34.6 Å². The fraction of sp³-hybridized carbons (Fsp3) is 0.455. The largest absolute Gasteiger partial charge is 0.380 e. The Morgan fingerprint density at radius 3 is 2.93 bits per heavy atom. The van der Waals surface area contributed by atoms with Gasteiger partial charge in [0.25, 0.3) is 0 Å². The van der Waals surface area contributed by atoms with Crippen LogP contribution in [0.1, 0.15) is 5.56 Å². The molecule has 1 N–H and O–H groups in total. The van der Waals surface area contributed by atoms with E-state index < -0.39 is 0 Å². The van der Waals surface area contributed by atoms with Crippen LogP contribution in [-0.2, 0) is 11.2 Å². The van der Waals surface area contributed by atoms with E-state index in [0.717, 1.165) is 6.54 Å². The van der Waals surface area contributed by atoms with E-state index in [-0.39, 0.29) is 5.82 Å². The molecule has 0 bridgehead atoms. The second kappa shape index (κ2) is 6.77. The van der Waals surface area contributed by atoms with Crippen LogP contribution in [0.15, 0.2) is 18.2 Å². The second-order valence-corrected chi connectivity index (χ2v) is 3.64. The zero-order valence-electron chi connectivity index (χ0n) is 8.72. The average molecular weight is 232 g/mol. The van der Waals surface area contributed by atoms with E-state index in [1.54, 1.807) is 12.1 Å². The zero-order chi connectivity index (χ0) is 11.1. The summed E-state index contributed by atoms with van der Waals surface area (Å²) in [4.78, 5) is 0. The molecule has 1 aromatic carbocycles. The van der Waals surface area contributed by atoms with E-state index in [1.807, 2.05) is 7.05 Å². The van der Waals surface area contributed by atoms with Gasteiger partial charge in [-0.15, -0.1) is 0 Å². The quantitative estimate of drug-likeness (QED) is 0.759. The van der Waals surface area contributed by atoms with Crippen LogP contribution in [0.25, 0.3) is 0 Å². The van der Waals surface area contributed by atoms with Gasteiger partial charge in [-0.2, -0.15) is 0 Å². The maximum absolute atomic E-state index is 13.2. The van der Waals surface area contributed by atoms with Crippen molar-refractivity contribution >= 4 is 11.6 Å². The molecule has 0 spiro atoms. The van der Waals surface area contributed by atoms with Gasteiger partial charge in [-0.05, 0) is 37.2 Å². The van der Waals surface area contributed by atoms with Crippen molar-refractivity contribution in [2.45, 2.75) is 6.42 Å². The Morgan fingerprint density at radius 2 is 2.20 bits per heavy atom. The van der Waals surface area contributed by atoms with E-state index in [9.17, 15) is 4.39 Å². The Morgan fingerprint density at radius 1 is 1.40 bits per heavy atom. The highest BCUT2D eigenvalue weighted by Crippen LogP contribution is 2.15. The molecule has 1 aromatic rings. The summed E-state index contributed by atoms with van der Waals surface area (Å²) in [6.07, 6.45) is 0.552. The third-order valence-electron chi connectivity index (χ3n) is 2.02. The Bertz CT molecular complexity index is 307. The van der Waals surface area contributed by atoms with Gasteiger partial charge in [0.2, 0.25) is 0 Å². The summed E-state index contributed by atoms with van der Waals surface area (Å²) in [5, 5.41) is 3.52. The summed E-state index contributed by atoms with van der Waals surface area (Å²) < 4.78 is 18.5. The maximum atomic E-state index is 13.2. The van der Waals surface area contributed by atoms with Gasteiger partial charge < -0.3 is 10.1 Å². The molecule has 0 fully saturated rings. The first-order valence-electron chi connectivity index (χ1n) is 4.90. The highest BCUT2D eigenvalue weighted by atomic mass is 35.5. The third-order valence-corrected chi connectivity index (χ3v) is 2.25. The van der Waals surface area contributed by atoms with Crippen molar-refractivity contribution in [2.24, 2.45) is 0 Å². The lowest BCUT2D eigenvalue weighted by Gasteiger charge is -2.05. The molecule has 2 nitrogen and oxygen atoms in total. The van der Waals surface area contributed by atoms with Gasteiger partial charge in [-0.3, -0.25) is 0 Å². The van der Waals surface area contributed by atoms with Gasteiger partial charge in [0.05, 0.1) is 13.2 Å². The Hall–Kier alpha value is -0.640. The number of rotatable bonds is 6. The number of ether oxygens (including phenoxy) is 1. The minimum Gasteiger partial charge on any atom is -0.380 e. The van der Waals surface area contributed by atoms with E-state index in [1.165, 1.54) is 6.07 Å². The van der Waals surface area contributed by atoms with Crippen molar-refractivity contribution in [1.82, 2.24) is 5.32 Å². The van der Waals surface area contributed by atoms with Crippen molar-refractivity contribution < 1.29 is 9.13 Å². The van der Waals surface area contributed by atoms with Crippen LogP contribution in [-0.4, -0.2) is 26.8 Å². The molecule has 4 heteroatoms. The molecular formula is C11H15ClFNO. The average Bonchev–Trinajstić information content (AvgIpc) is 2.23. The van der Waals surface area contributed by atoms with Gasteiger partial charge in [0, 0.05) is 11.6 Å². The monoisotopic (exact) mass is 231 g/mol. The lowest BCUT2D eigenvalue weighted by molar-refractivity contribution is 0.140. The van der Waals surface area contributed by atoms with Crippen LogP contribution in [0.5, 0.6) is 0 Å². The number of hydrogen-bond acceptors (Lipinski definition) is 2. The lowest BCUT2D eigenvalue weighted by Crippen LogP contribution is -2.15. The van der Waals surface area contributed by atoms with E-state index in [4.69, 9.17) is 16.3 Å². The first-order chi connectivity index (χ1) is 7.24. The van der Waals surface area contributed by atoms with Gasteiger partial charge in [0.1, 0.15) is 5.82 Å². The molecule has 15 heavy (non-hydrogen) atoms. The molecule has 0 unspecified atom stereocenters. The van der Waals surface area contributed by atoms with Crippen molar-refractivity contribution in [3.63, 3.8) is 0 Å². The molecule has 0 aromatic heterocycles. The van der Waals surface area contributed by atoms with E-state index >= 15 is 0 Å². The predicted molar refractivity (Wildman–Crippen MR) is 59.9 cm³/mol. The van der Waals surface area contributed by atoms with Crippen molar-refractivity contribution in [1.29, 1.82) is 0 Å². The second-order valence-electron chi connectivity index (χ2n) is 3.20. The number of halogens is 2. The van der Waals surface area contributed by atoms with Crippen LogP contribution in [0.2, 0.25) is 5.02 Å². The predicted octanol–water partition coefficient (Wildman–Crippen LogP) is 2.26. The molecule has 0 aliphatic carbocycles. The Kier molecular flexibility index (Phi) is 5.61. The summed E-state index contributed by atoms with van der Waals surface area (Å²) in [7, 11) is 1.86. The molecule has 0 radical (unpaired) electrons. The molecule has 0 saturated carbocycles. The normalized spacial score (nSPS) is 10.6. The molecule has 0 aliphatic heterocycles. The smallest absolute Gasteiger partial charge is 0.126 e. The van der Waals surface area contributed by atoms with Crippen LogP contribution in [0.3, 0.4) is 0 Å². The fourth-order valence-corrected chi connectivity index (χ4v) is 1.39. The third kappa shape index (κ3) is 4.60. The minimum absolute atomic E-state index is 0.225. The van der Waals surface area contributed by atoms with Crippen molar-refractivity contribution in [3.8, 4) is 0 Å². The molecule has 84 valence electrons.